The van der Waals surface area contributed by atoms with Crippen molar-refractivity contribution >= 4 is 23.3 Å². The molecule has 9 heteroatoms. The van der Waals surface area contributed by atoms with E-state index in [9.17, 15) is 34.5 Å². The van der Waals surface area contributed by atoms with E-state index >= 15 is 0 Å². The van der Waals surface area contributed by atoms with Crippen LogP contribution in [0.25, 0.3) is 0 Å². The number of nitrogens with zero attached hydrogens (tertiary/aromatic N) is 1. The summed E-state index contributed by atoms with van der Waals surface area (Å²) in [6.07, 6.45) is -1.30. The number of primary amides is 1. The van der Waals surface area contributed by atoms with Gasteiger partial charge in [0.25, 0.3) is 0 Å². The van der Waals surface area contributed by atoms with Crippen LogP contribution in [0.15, 0.2) is 6.07 Å². The van der Waals surface area contributed by atoms with Crippen LogP contribution in [0.1, 0.15) is 47.3 Å². The van der Waals surface area contributed by atoms with Gasteiger partial charge in [0.15, 0.2) is 23.0 Å². The number of aromatic hydroxyl groups is 1. The standard InChI is InChI=1S/C27H28N2O7/c1-5-7-12-9-13(8-6-2)21(30)18-15(12)10-14-11-16-20(29(3)4)23(32)19(26(28)35)25(34)27(16,36)24(33)17(14)22(18)31/h9,14,16-17,19-20,23,30,32,36H,10-11H2,1-4H3,(H2,28,35)/t14-,16-,17?,19?,20-,23?,27-/m1/s1. The highest BCUT2D eigenvalue weighted by Crippen LogP contribution is 2.52. The number of amides is 1. The average Bonchev–Trinajstić information content (AvgIpc) is 2.79. The molecule has 3 aliphatic rings. The van der Waals surface area contributed by atoms with Crippen LogP contribution in [0.4, 0.5) is 0 Å². The van der Waals surface area contributed by atoms with Crippen LogP contribution in [0.5, 0.6) is 5.75 Å². The molecule has 0 spiro atoms. The fraction of sp³-hybridized carbons (Fsp3) is 0.481. The van der Waals surface area contributed by atoms with Gasteiger partial charge in [-0.25, -0.2) is 0 Å². The number of carbonyl (C=O) groups excluding carboxylic acids is 4. The number of fused-ring (bicyclic) bond motifs is 3. The zero-order valence-corrected chi connectivity index (χ0v) is 20.5. The van der Waals surface area contributed by atoms with E-state index in [4.69, 9.17) is 5.73 Å². The zero-order chi connectivity index (χ0) is 26.7. The lowest BCUT2D eigenvalue weighted by Gasteiger charge is -2.54. The Labute approximate surface area is 208 Å². The lowest BCUT2D eigenvalue weighted by molar-refractivity contribution is -0.190. The number of ketones is 3. The minimum atomic E-state index is -2.69. The Kier molecular flexibility index (Phi) is 6.30. The Morgan fingerprint density at radius 2 is 1.72 bits per heavy atom. The van der Waals surface area contributed by atoms with Gasteiger partial charge < -0.3 is 26.0 Å². The summed E-state index contributed by atoms with van der Waals surface area (Å²) in [7, 11) is 3.20. The maximum absolute atomic E-state index is 13.8. The molecular formula is C27H28N2O7. The molecule has 2 fully saturated rings. The molecular weight excluding hydrogens is 464 g/mol. The number of phenolic OH excluding ortho intramolecular Hbond substituents is 1. The van der Waals surface area contributed by atoms with E-state index in [1.54, 1.807) is 38.9 Å². The monoisotopic (exact) mass is 492 g/mol. The summed E-state index contributed by atoms with van der Waals surface area (Å²) in [4.78, 5) is 54.6. The third kappa shape index (κ3) is 3.39. The fourth-order valence-corrected chi connectivity index (χ4v) is 6.37. The van der Waals surface area contributed by atoms with Crippen LogP contribution in [-0.4, -0.2) is 75.3 Å². The molecule has 0 aliphatic heterocycles. The van der Waals surface area contributed by atoms with Crippen molar-refractivity contribution in [1.29, 1.82) is 0 Å². The molecule has 0 heterocycles. The highest BCUT2D eigenvalue weighted by atomic mass is 16.3. The summed E-state index contributed by atoms with van der Waals surface area (Å²) in [6.45, 7) is 3.20. The van der Waals surface area contributed by atoms with Crippen molar-refractivity contribution in [3.05, 3.63) is 28.3 Å². The van der Waals surface area contributed by atoms with E-state index in [0.29, 0.717) is 11.1 Å². The number of rotatable bonds is 2. The molecule has 3 unspecified atom stereocenters. The van der Waals surface area contributed by atoms with Gasteiger partial charge in [-0.2, -0.15) is 0 Å². The predicted molar refractivity (Wildman–Crippen MR) is 127 cm³/mol. The van der Waals surface area contributed by atoms with Crippen molar-refractivity contribution in [2.24, 2.45) is 29.4 Å². The first-order chi connectivity index (χ1) is 16.9. The Bertz CT molecular complexity index is 1330. The smallest absolute Gasteiger partial charge is 0.230 e. The molecule has 0 aromatic heterocycles. The van der Waals surface area contributed by atoms with Gasteiger partial charge in [0.1, 0.15) is 11.7 Å². The SMILES string of the molecule is CC#Cc1cc(C#CC)c2c(c1O)C(=O)C1C(=O)[C@@]3(O)C(=O)C(C(N)=O)C(O)[C@H](N(C)C)[C@H]3C[C@H]1C2. The summed E-state index contributed by atoms with van der Waals surface area (Å²) in [6, 6.07) is 0.654. The molecule has 1 amide bonds. The van der Waals surface area contributed by atoms with Gasteiger partial charge in [-0.1, -0.05) is 11.8 Å². The van der Waals surface area contributed by atoms with Crippen LogP contribution in [0.2, 0.25) is 0 Å². The van der Waals surface area contributed by atoms with Crippen molar-refractivity contribution in [2.75, 3.05) is 14.1 Å². The molecule has 4 rings (SSSR count). The lowest BCUT2D eigenvalue weighted by Crippen LogP contribution is -2.75. The molecule has 0 bridgehead atoms. The van der Waals surface area contributed by atoms with Gasteiger partial charge >= 0.3 is 0 Å². The third-order valence-electron chi connectivity index (χ3n) is 7.81. The van der Waals surface area contributed by atoms with Gasteiger partial charge in [0.2, 0.25) is 5.91 Å². The van der Waals surface area contributed by atoms with Crippen molar-refractivity contribution < 1.29 is 34.5 Å². The fourth-order valence-electron chi connectivity index (χ4n) is 6.37. The second-order valence-corrected chi connectivity index (χ2v) is 9.89. The number of aliphatic hydroxyl groups is 2. The molecule has 1 aromatic carbocycles. The Morgan fingerprint density at radius 3 is 2.28 bits per heavy atom. The highest BCUT2D eigenvalue weighted by molar-refractivity contribution is 6.25. The quantitative estimate of drug-likeness (QED) is 0.315. The van der Waals surface area contributed by atoms with E-state index in [0.717, 1.165) is 0 Å². The van der Waals surface area contributed by atoms with E-state index in [2.05, 4.69) is 23.7 Å². The minimum Gasteiger partial charge on any atom is -0.506 e. The first-order valence-corrected chi connectivity index (χ1v) is 11.6. The number of carbonyl (C=O) groups is 4. The van der Waals surface area contributed by atoms with Gasteiger partial charge in [-0.3, -0.25) is 19.2 Å². The number of Topliss-reactive ketones (excluding diaryl/α,β-unsaturated/α-hetero) is 3. The Morgan fingerprint density at radius 1 is 1.11 bits per heavy atom. The van der Waals surface area contributed by atoms with E-state index in [-0.39, 0.29) is 29.7 Å². The number of phenols is 1. The summed E-state index contributed by atoms with van der Waals surface area (Å²) in [5, 5.41) is 33.4. The molecule has 188 valence electrons. The molecule has 1 aromatic rings. The number of hydrogen-bond donors (Lipinski definition) is 4. The summed E-state index contributed by atoms with van der Waals surface area (Å²) >= 11 is 0. The molecule has 9 nitrogen and oxygen atoms in total. The summed E-state index contributed by atoms with van der Waals surface area (Å²) in [5.74, 6) is 1.72. The minimum absolute atomic E-state index is 0.0471. The topological polar surface area (TPSA) is 158 Å². The van der Waals surface area contributed by atoms with Crippen LogP contribution < -0.4 is 5.73 Å². The molecule has 0 saturated heterocycles. The van der Waals surface area contributed by atoms with Crippen molar-refractivity contribution in [2.45, 2.75) is 44.4 Å². The molecule has 7 atom stereocenters. The largest absolute Gasteiger partial charge is 0.506 e. The molecule has 0 radical (unpaired) electrons. The van der Waals surface area contributed by atoms with Crippen molar-refractivity contribution in [3.8, 4) is 29.4 Å². The predicted octanol–water partition coefficient (Wildman–Crippen LogP) is -0.598. The van der Waals surface area contributed by atoms with Gasteiger partial charge in [-0.15, -0.1) is 11.8 Å². The number of likely N-dealkylation sites (N-methyl/N-ethyl adjacent to an activating group) is 1. The lowest BCUT2D eigenvalue weighted by atomic mass is 9.52. The zero-order valence-electron chi connectivity index (χ0n) is 20.5. The number of hydrogen-bond acceptors (Lipinski definition) is 8. The van der Waals surface area contributed by atoms with Crippen molar-refractivity contribution in [3.63, 3.8) is 0 Å². The highest BCUT2D eigenvalue weighted by Gasteiger charge is 2.69. The summed E-state index contributed by atoms with van der Waals surface area (Å²) < 4.78 is 0. The summed E-state index contributed by atoms with van der Waals surface area (Å²) in [5.41, 5.74) is 3.76. The first kappa shape index (κ1) is 25.6. The number of nitrogens with two attached hydrogens (primary N) is 1. The maximum atomic E-state index is 13.8. The van der Waals surface area contributed by atoms with Crippen LogP contribution in [-0.2, 0) is 20.8 Å². The van der Waals surface area contributed by atoms with E-state index < -0.39 is 64.7 Å². The average molecular weight is 493 g/mol. The van der Waals surface area contributed by atoms with Crippen molar-refractivity contribution in [1.82, 2.24) is 4.90 Å². The number of aliphatic hydroxyl groups excluding tert-OH is 1. The maximum Gasteiger partial charge on any atom is 0.230 e. The van der Waals surface area contributed by atoms with E-state index in [1.165, 1.54) is 0 Å². The van der Waals surface area contributed by atoms with E-state index in [1.807, 2.05) is 0 Å². The number of benzene rings is 1. The third-order valence-corrected chi connectivity index (χ3v) is 7.81. The Balaban J connectivity index is 1.92. The van der Waals surface area contributed by atoms with Gasteiger partial charge in [0, 0.05) is 17.5 Å². The van der Waals surface area contributed by atoms with Crippen LogP contribution >= 0.6 is 0 Å². The van der Waals surface area contributed by atoms with Gasteiger partial charge in [-0.05, 0) is 58.3 Å². The molecule has 36 heavy (non-hydrogen) atoms. The van der Waals surface area contributed by atoms with Crippen LogP contribution in [0.3, 0.4) is 0 Å². The van der Waals surface area contributed by atoms with Gasteiger partial charge in [0.05, 0.1) is 23.1 Å². The second kappa shape index (κ2) is 8.86. The second-order valence-electron chi connectivity index (χ2n) is 9.89. The first-order valence-electron chi connectivity index (χ1n) is 11.6. The molecule has 3 aliphatic carbocycles. The Hall–Kier alpha value is -3.50. The normalized spacial score (nSPS) is 32.9. The molecule has 5 N–H and O–H groups in total. The van der Waals surface area contributed by atoms with Crippen LogP contribution in [0, 0.1) is 47.4 Å². The molecule has 2 saturated carbocycles.